The van der Waals surface area contributed by atoms with E-state index < -0.39 is 0 Å². The average molecular weight is 328 g/mol. The minimum Gasteiger partial charge on any atom is -0.416 e. The summed E-state index contributed by atoms with van der Waals surface area (Å²) in [6.07, 6.45) is 7.08. The van der Waals surface area contributed by atoms with Gasteiger partial charge in [0.2, 0.25) is 0 Å². The minimum atomic E-state index is -0.346. The molecule has 3 heterocycles. The molecule has 0 amide bonds. The van der Waals surface area contributed by atoms with Crippen molar-refractivity contribution in [3.63, 3.8) is 0 Å². The molecule has 6 nitrogen and oxygen atoms in total. The second-order valence-electron chi connectivity index (χ2n) is 5.54. The normalized spacial score (nSPS) is 21.7. The van der Waals surface area contributed by atoms with Crippen LogP contribution in [0.5, 0.6) is 0 Å². The lowest BCUT2D eigenvalue weighted by Crippen LogP contribution is -2.33. The SMILES string of the molecule is COCN1c2cc(C3(C)C=CON3)ccc2Sc2nccnc21. The van der Waals surface area contributed by atoms with Gasteiger partial charge in [0.05, 0.1) is 11.2 Å². The molecule has 118 valence electrons. The van der Waals surface area contributed by atoms with Crippen LogP contribution in [0.4, 0.5) is 11.5 Å². The van der Waals surface area contributed by atoms with Gasteiger partial charge in [-0.05, 0) is 30.7 Å². The Morgan fingerprint density at radius 2 is 2.22 bits per heavy atom. The van der Waals surface area contributed by atoms with Gasteiger partial charge in [-0.15, -0.1) is 5.48 Å². The van der Waals surface area contributed by atoms with E-state index >= 15 is 0 Å². The smallest absolute Gasteiger partial charge is 0.168 e. The molecule has 1 aromatic carbocycles. The monoisotopic (exact) mass is 328 g/mol. The van der Waals surface area contributed by atoms with Crippen molar-refractivity contribution in [3.05, 3.63) is 48.5 Å². The predicted octanol–water partition coefficient (Wildman–Crippen LogP) is 2.95. The highest BCUT2D eigenvalue weighted by molar-refractivity contribution is 7.99. The van der Waals surface area contributed by atoms with Gasteiger partial charge in [0, 0.05) is 24.4 Å². The number of hydroxylamine groups is 1. The molecule has 1 atom stereocenters. The summed E-state index contributed by atoms with van der Waals surface area (Å²) in [7, 11) is 1.68. The molecule has 7 heteroatoms. The number of hydrogen-bond donors (Lipinski definition) is 1. The Balaban J connectivity index is 1.81. The number of ether oxygens (including phenoxy) is 1. The lowest BCUT2D eigenvalue weighted by atomic mass is 9.93. The molecule has 4 rings (SSSR count). The summed E-state index contributed by atoms with van der Waals surface area (Å²) in [5, 5.41) is 0.887. The molecule has 1 unspecified atom stereocenters. The molecule has 23 heavy (non-hydrogen) atoms. The Morgan fingerprint density at radius 3 is 3.00 bits per heavy atom. The number of nitrogens with zero attached hydrogens (tertiary/aromatic N) is 3. The van der Waals surface area contributed by atoms with Gasteiger partial charge in [0.1, 0.15) is 18.0 Å². The third-order valence-electron chi connectivity index (χ3n) is 3.96. The third kappa shape index (κ3) is 2.37. The lowest BCUT2D eigenvalue weighted by molar-refractivity contribution is 0.105. The maximum atomic E-state index is 5.38. The summed E-state index contributed by atoms with van der Waals surface area (Å²) in [6, 6.07) is 6.35. The van der Waals surface area contributed by atoms with Crippen molar-refractivity contribution in [3.8, 4) is 0 Å². The van der Waals surface area contributed by atoms with Crippen LogP contribution in [0.1, 0.15) is 12.5 Å². The zero-order valence-electron chi connectivity index (χ0n) is 12.8. The maximum absolute atomic E-state index is 5.38. The van der Waals surface area contributed by atoms with E-state index in [1.807, 2.05) is 11.0 Å². The number of hydrogen-bond acceptors (Lipinski definition) is 7. The van der Waals surface area contributed by atoms with Gasteiger partial charge in [-0.1, -0.05) is 17.8 Å². The predicted molar refractivity (Wildman–Crippen MR) is 87.3 cm³/mol. The van der Waals surface area contributed by atoms with E-state index in [0.29, 0.717) is 6.73 Å². The van der Waals surface area contributed by atoms with Crippen molar-refractivity contribution in [2.45, 2.75) is 22.4 Å². The Labute approximate surface area is 138 Å². The number of methoxy groups -OCH3 is 1. The fourth-order valence-corrected chi connectivity index (χ4v) is 3.69. The first-order chi connectivity index (χ1) is 11.2. The number of aromatic nitrogens is 2. The van der Waals surface area contributed by atoms with Crippen LogP contribution in [0, 0.1) is 0 Å². The first-order valence-electron chi connectivity index (χ1n) is 7.22. The van der Waals surface area contributed by atoms with Gasteiger partial charge in [-0.2, -0.15) is 0 Å². The van der Waals surface area contributed by atoms with E-state index in [1.54, 1.807) is 37.5 Å². The van der Waals surface area contributed by atoms with E-state index in [2.05, 4.69) is 40.6 Å². The molecule has 2 aliphatic heterocycles. The molecule has 2 aromatic rings. The summed E-state index contributed by atoms with van der Waals surface area (Å²) in [6.45, 7) is 2.49. The fraction of sp³-hybridized carbons (Fsp3) is 0.250. The van der Waals surface area contributed by atoms with Gasteiger partial charge in [0.25, 0.3) is 0 Å². The highest BCUT2D eigenvalue weighted by atomic mass is 32.2. The largest absolute Gasteiger partial charge is 0.416 e. The van der Waals surface area contributed by atoms with Crippen molar-refractivity contribution in [1.82, 2.24) is 15.4 Å². The molecular weight excluding hydrogens is 312 g/mol. The molecular formula is C16H16N4O2S. The molecule has 0 saturated heterocycles. The van der Waals surface area contributed by atoms with Crippen molar-refractivity contribution >= 4 is 23.3 Å². The number of rotatable bonds is 3. The zero-order chi connectivity index (χ0) is 15.9. The van der Waals surface area contributed by atoms with Crippen molar-refractivity contribution in [2.75, 3.05) is 18.7 Å². The van der Waals surface area contributed by atoms with Crippen LogP contribution in [-0.2, 0) is 15.1 Å². The lowest BCUT2D eigenvalue weighted by Gasteiger charge is -2.32. The minimum absolute atomic E-state index is 0.346. The molecule has 1 N–H and O–H groups in total. The Morgan fingerprint density at radius 1 is 1.35 bits per heavy atom. The van der Waals surface area contributed by atoms with Crippen LogP contribution in [0.2, 0.25) is 0 Å². The third-order valence-corrected chi connectivity index (χ3v) is 5.00. The summed E-state index contributed by atoms with van der Waals surface area (Å²) in [4.78, 5) is 17.3. The standard InChI is InChI=1S/C16H16N4O2S/c1-16(5-8-22-19-16)11-3-4-13-12(9-11)20(10-21-2)14-15(23-13)18-7-6-17-14/h3-9,19H,10H2,1-2H3. The zero-order valence-corrected chi connectivity index (χ0v) is 13.6. The van der Waals surface area contributed by atoms with Gasteiger partial charge in [-0.25, -0.2) is 9.97 Å². The number of benzene rings is 1. The van der Waals surface area contributed by atoms with Crippen LogP contribution < -0.4 is 10.4 Å². The Hall–Kier alpha value is -2.09. The van der Waals surface area contributed by atoms with Crippen LogP contribution in [0.15, 0.2) is 52.9 Å². The molecule has 0 radical (unpaired) electrons. The molecule has 0 bridgehead atoms. The molecule has 0 spiro atoms. The summed E-state index contributed by atoms with van der Waals surface area (Å²) < 4.78 is 5.38. The topological polar surface area (TPSA) is 59.5 Å². The van der Waals surface area contributed by atoms with E-state index in [4.69, 9.17) is 9.57 Å². The highest BCUT2D eigenvalue weighted by Gasteiger charge is 2.31. The van der Waals surface area contributed by atoms with E-state index in [1.165, 1.54) is 0 Å². The van der Waals surface area contributed by atoms with Gasteiger partial charge >= 0.3 is 0 Å². The molecule has 1 aromatic heterocycles. The quantitative estimate of drug-likeness (QED) is 0.929. The van der Waals surface area contributed by atoms with Gasteiger partial charge < -0.3 is 9.57 Å². The van der Waals surface area contributed by atoms with Crippen molar-refractivity contribution in [2.24, 2.45) is 0 Å². The summed E-state index contributed by atoms with van der Waals surface area (Å²) >= 11 is 1.62. The number of fused-ring (bicyclic) bond motifs is 2. The average Bonchev–Trinajstić information content (AvgIpc) is 3.02. The Bertz CT molecular complexity index is 782. The first kappa shape index (κ1) is 14.5. The molecule has 2 aliphatic rings. The molecule has 0 aliphatic carbocycles. The van der Waals surface area contributed by atoms with Crippen LogP contribution in [0.3, 0.4) is 0 Å². The summed E-state index contributed by atoms with van der Waals surface area (Å²) in [5.41, 5.74) is 4.85. The Kier molecular flexibility index (Phi) is 3.48. The van der Waals surface area contributed by atoms with Crippen molar-refractivity contribution in [1.29, 1.82) is 0 Å². The van der Waals surface area contributed by atoms with Crippen LogP contribution >= 0.6 is 11.8 Å². The molecule has 0 saturated carbocycles. The van der Waals surface area contributed by atoms with Gasteiger partial charge in [-0.3, -0.25) is 4.90 Å². The van der Waals surface area contributed by atoms with E-state index in [0.717, 1.165) is 27.0 Å². The van der Waals surface area contributed by atoms with Crippen LogP contribution in [0.25, 0.3) is 0 Å². The van der Waals surface area contributed by atoms with E-state index in [-0.39, 0.29) is 5.54 Å². The second kappa shape index (κ2) is 5.52. The highest BCUT2D eigenvalue weighted by Crippen LogP contribution is 2.47. The molecule has 0 fully saturated rings. The fourth-order valence-electron chi connectivity index (χ4n) is 2.71. The first-order valence-corrected chi connectivity index (χ1v) is 8.03. The maximum Gasteiger partial charge on any atom is 0.168 e. The summed E-state index contributed by atoms with van der Waals surface area (Å²) in [5.74, 6) is 0.820. The number of anilines is 2. The second-order valence-corrected chi connectivity index (χ2v) is 6.57. The van der Waals surface area contributed by atoms with E-state index in [9.17, 15) is 0 Å². The number of nitrogens with one attached hydrogen (secondary N) is 1. The van der Waals surface area contributed by atoms with Gasteiger partial charge in [0.15, 0.2) is 5.82 Å². The van der Waals surface area contributed by atoms with Crippen LogP contribution in [-0.4, -0.2) is 23.8 Å². The van der Waals surface area contributed by atoms with Crippen molar-refractivity contribution < 1.29 is 9.57 Å².